The second kappa shape index (κ2) is 7.26. The number of aromatic nitrogens is 2. The van der Waals surface area contributed by atoms with Crippen LogP contribution >= 0.6 is 0 Å². The Balaban J connectivity index is 1.53. The molecule has 1 aromatic heterocycles. The number of aliphatic carboxylic acids is 1. The molecule has 3 aromatic rings. The first-order valence-electron chi connectivity index (χ1n) is 8.91. The molecule has 1 aliphatic heterocycles. The standard InChI is InChI=1S/C21H18FN3O3/c22-16-5-7-18(8-6-16)25-10-9-17(23-25)12-20(26)24-13-15-4-2-1-3-14(15)11-19(24)21(27)28/h1-10,19H,11-13H2,(H,27,28)/t19-/m0/s1. The maximum Gasteiger partial charge on any atom is 0.326 e. The highest BCUT2D eigenvalue weighted by Gasteiger charge is 2.34. The van der Waals surface area contributed by atoms with Gasteiger partial charge in [0.1, 0.15) is 11.9 Å². The fraction of sp³-hybridized carbons (Fsp3) is 0.190. The Morgan fingerprint density at radius 1 is 1.07 bits per heavy atom. The highest BCUT2D eigenvalue weighted by Crippen LogP contribution is 2.24. The Morgan fingerprint density at radius 3 is 2.50 bits per heavy atom. The van der Waals surface area contributed by atoms with Crippen molar-refractivity contribution in [2.45, 2.75) is 25.4 Å². The van der Waals surface area contributed by atoms with Crippen LogP contribution in [0.15, 0.2) is 60.8 Å². The normalized spacial score (nSPS) is 15.9. The molecule has 0 fully saturated rings. The summed E-state index contributed by atoms with van der Waals surface area (Å²) in [6.07, 6.45) is 1.98. The second-order valence-corrected chi connectivity index (χ2v) is 6.75. The van der Waals surface area contributed by atoms with Gasteiger partial charge in [0.2, 0.25) is 5.91 Å². The van der Waals surface area contributed by atoms with E-state index in [9.17, 15) is 19.1 Å². The van der Waals surface area contributed by atoms with E-state index >= 15 is 0 Å². The molecule has 2 heterocycles. The molecule has 7 heteroatoms. The molecule has 1 aliphatic rings. The number of fused-ring (bicyclic) bond motifs is 1. The number of nitrogens with zero attached hydrogens (tertiary/aromatic N) is 3. The molecular weight excluding hydrogens is 361 g/mol. The van der Waals surface area contributed by atoms with Crippen LogP contribution in [0.5, 0.6) is 0 Å². The van der Waals surface area contributed by atoms with Crippen molar-refractivity contribution < 1.29 is 19.1 Å². The molecule has 0 aliphatic carbocycles. The first kappa shape index (κ1) is 17.9. The van der Waals surface area contributed by atoms with Gasteiger partial charge in [-0.15, -0.1) is 0 Å². The van der Waals surface area contributed by atoms with E-state index in [2.05, 4.69) is 5.10 Å². The summed E-state index contributed by atoms with van der Waals surface area (Å²) in [5.74, 6) is -1.64. The summed E-state index contributed by atoms with van der Waals surface area (Å²) in [4.78, 5) is 26.0. The topological polar surface area (TPSA) is 75.4 Å². The molecule has 0 radical (unpaired) electrons. The minimum atomic E-state index is -1.01. The van der Waals surface area contributed by atoms with E-state index < -0.39 is 12.0 Å². The van der Waals surface area contributed by atoms with Gasteiger partial charge in [-0.05, 0) is 41.5 Å². The van der Waals surface area contributed by atoms with Crippen LogP contribution in [0.2, 0.25) is 0 Å². The van der Waals surface area contributed by atoms with Gasteiger partial charge in [-0.1, -0.05) is 24.3 Å². The molecule has 1 atom stereocenters. The van der Waals surface area contributed by atoms with Crippen molar-refractivity contribution >= 4 is 11.9 Å². The molecule has 1 amide bonds. The monoisotopic (exact) mass is 379 g/mol. The maximum absolute atomic E-state index is 13.1. The van der Waals surface area contributed by atoms with Gasteiger partial charge in [-0.3, -0.25) is 4.79 Å². The lowest BCUT2D eigenvalue weighted by Gasteiger charge is -2.34. The minimum Gasteiger partial charge on any atom is -0.480 e. The van der Waals surface area contributed by atoms with Crippen LogP contribution < -0.4 is 0 Å². The molecule has 0 bridgehead atoms. The summed E-state index contributed by atoms with van der Waals surface area (Å²) >= 11 is 0. The number of benzene rings is 2. The van der Waals surface area contributed by atoms with Crippen LogP contribution in [-0.2, 0) is 29.0 Å². The van der Waals surface area contributed by atoms with Gasteiger partial charge < -0.3 is 10.0 Å². The minimum absolute atomic E-state index is 0.000140. The van der Waals surface area contributed by atoms with Crippen molar-refractivity contribution in [2.75, 3.05) is 0 Å². The number of amides is 1. The lowest BCUT2D eigenvalue weighted by atomic mass is 9.93. The van der Waals surface area contributed by atoms with E-state index in [0.717, 1.165) is 11.1 Å². The van der Waals surface area contributed by atoms with E-state index in [1.165, 1.54) is 17.0 Å². The maximum atomic E-state index is 13.1. The number of carbonyl (C=O) groups excluding carboxylic acids is 1. The van der Waals surface area contributed by atoms with Crippen LogP contribution in [0.3, 0.4) is 0 Å². The molecular formula is C21H18FN3O3. The van der Waals surface area contributed by atoms with Crippen molar-refractivity contribution in [3.8, 4) is 5.69 Å². The molecule has 4 rings (SSSR count). The molecule has 0 unspecified atom stereocenters. The molecule has 6 nitrogen and oxygen atoms in total. The van der Waals surface area contributed by atoms with Crippen molar-refractivity contribution in [3.63, 3.8) is 0 Å². The van der Waals surface area contributed by atoms with Gasteiger partial charge in [0.05, 0.1) is 17.8 Å². The molecule has 0 spiro atoms. The summed E-state index contributed by atoms with van der Waals surface area (Å²) in [5, 5.41) is 13.9. The zero-order valence-electron chi connectivity index (χ0n) is 15.0. The van der Waals surface area contributed by atoms with E-state index in [4.69, 9.17) is 0 Å². The van der Waals surface area contributed by atoms with E-state index in [0.29, 0.717) is 17.8 Å². The summed E-state index contributed by atoms with van der Waals surface area (Å²) in [5.41, 5.74) is 3.12. The summed E-state index contributed by atoms with van der Waals surface area (Å²) in [7, 11) is 0. The summed E-state index contributed by atoms with van der Waals surface area (Å²) in [6.45, 7) is 0.268. The van der Waals surface area contributed by atoms with E-state index in [-0.39, 0.29) is 24.7 Å². The largest absolute Gasteiger partial charge is 0.480 e. The third-order valence-corrected chi connectivity index (χ3v) is 4.92. The zero-order chi connectivity index (χ0) is 19.7. The van der Waals surface area contributed by atoms with Crippen molar-refractivity contribution in [3.05, 3.63) is 83.4 Å². The number of hydrogen-bond acceptors (Lipinski definition) is 3. The predicted octanol–water partition coefficient (Wildman–Crippen LogP) is 2.59. The number of hydrogen-bond donors (Lipinski definition) is 1. The molecule has 142 valence electrons. The molecule has 0 saturated carbocycles. The van der Waals surface area contributed by atoms with Crippen LogP contribution in [0.4, 0.5) is 4.39 Å². The van der Waals surface area contributed by atoms with Gasteiger partial charge in [0, 0.05) is 19.2 Å². The fourth-order valence-corrected chi connectivity index (χ4v) is 3.46. The van der Waals surface area contributed by atoms with Crippen molar-refractivity contribution in [1.29, 1.82) is 0 Å². The molecule has 1 N–H and O–H groups in total. The van der Waals surface area contributed by atoms with Gasteiger partial charge >= 0.3 is 5.97 Å². The number of carboxylic acid groups (broad SMARTS) is 1. The van der Waals surface area contributed by atoms with E-state index in [1.54, 1.807) is 29.1 Å². The van der Waals surface area contributed by atoms with Crippen LogP contribution in [0, 0.1) is 5.82 Å². The third kappa shape index (κ3) is 3.51. The molecule has 28 heavy (non-hydrogen) atoms. The lowest BCUT2D eigenvalue weighted by Crippen LogP contribution is -2.49. The molecule has 2 aromatic carbocycles. The van der Waals surface area contributed by atoms with Crippen LogP contribution in [0.1, 0.15) is 16.8 Å². The second-order valence-electron chi connectivity index (χ2n) is 6.75. The Morgan fingerprint density at radius 2 is 1.79 bits per heavy atom. The Bertz CT molecular complexity index is 1030. The van der Waals surface area contributed by atoms with Crippen molar-refractivity contribution in [2.24, 2.45) is 0 Å². The average Bonchev–Trinajstić information content (AvgIpc) is 3.15. The first-order valence-corrected chi connectivity index (χ1v) is 8.91. The van der Waals surface area contributed by atoms with Crippen molar-refractivity contribution in [1.82, 2.24) is 14.7 Å². The highest BCUT2D eigenvalue weighted by molar-refractivity contribution is 5.85. The first-order chi connectivity index (χ1) is 13.5. The number of carbonyl (C=O) groups is 2. The molecule has 0 saturated heterocycles. The van der Waals surface area contributed by atoms with Crippen LogP contribution in [-0.4, -0.2) is 37.7 Å². The summed E-state index contributed by atoms with van der Waals surface area (Å²) < 4.78 is 14.6. The van der Waals surface area contributed by atoms with Gasteiger partial charge in [-0.25, -0.2) is 13.9 Å². The average molecular weight is 379 g/mol. The number of carboxylic acids is 1. The zero-order valence-corrected chi connectivity index (χ0v) is 15.0. The SMILES string of the molecule is O=C(O)[C@@H]1Cc2ccccc2CN1C(=O)Cc1ccn(-c2ccc(F)cc2)n1. The lowest BCUT2D eigenvalue weighted by molar-refractivity contribution is -0.151. The summed E-state index contributed by atoms with van der Waals surface area (Å²) in [6, 6.07) is 14.2. The number of halogens is 1. The fourth-order valence-electron chi connectivity index (χ4n) is 3.46. The van der Waals surface area contributed by atoms with Gasteiger partial charge in [-0.2, -0.15) is 5.10 Å². The van der Waals surface area contributed by atoms with Gasteiger partial charge in [0.15, 0.2) is 0 Å². The highest BCUT2D eigenvalue weighted by atomic mass is 19.1. The van der Waals surface area contributed by atoms with Gasteiger partial charge in [0.25, 0.3) is 0 Å². The smallest absolute Gasteiger partial charge is 0.326 e. The Hall–Kier alpha value is -3.48. The predicted molar refractivity (Wildman–Crippen MR) is 99.3 cm³/mol. The van der Waals surface area contributed by atoms with E-state index in [1.807, 2.05) is 24.3 Å². The quantitative estimate of drug-likeness (QED) is 0.756. The number of rotatable bonds is 4. The third-order valence-electron chi connectivity index (χ3n) is 4.92. The Kier molecular flexibility index (Phi) is 4.65. The van der Waals surface area contributed by atoms with Crippen LogP contribution in [0.25, 0.3) is 5.69 Å². The Labute approximate surface area is 160 Å².